The molecule has 0 aliphatic carbocycles. The minimum Gasteiger partial charge on any atom is -0.386 e. The molecule has 72 valence electrons. The molecule has 1 aromatic carbocycles. The molecule has 14 heavy (non-hydrogen) atoms. The summed E-state index contributed by atoms with van der Waals surface area (Å²) in [5, 5.41) is 13.9. The Hall–Kier alpha value is -2.02. The first kappa shape index (κ1) is 10.1. The van der Waals surface area contributed by atoms with Gasteiger partial charge in [-0.25, -0.2) is 0 Å². The van der Waals surface area contributed by atoms with E-state index in [9.17, 15) is 4.79 Å². The summed E-state index contributed by atoms with van der Waals surface area (Å²) in [6, 6.07) is 9.11. The van der Waals surface area contributed by atoms with Gasteiger partial charge in [0.2, 0.25) is 5.91 Å². The number of hydrogen-bond acceptors (Lipinski definition) is 3. The predicted octanol–water partition coefficient (Wildman–Crippen LogP) is 1.58. The van der Waals surface area contributed by atoms with Crippen LogP contribution in [0, 0.1) is 11.3 Å². The SMILES string of the molecule is CNc1ccccc1NC(=O)CC#N. The van der Waals surface area contributed by atoms with Crippen LogP contribution < -0.4 is 10.6 Å². The second-order valence-electron chi connectivity index (χ2n) is 2.68. The first-order valence-electron chi connectivity index (χ1n) is 4.21. The van der Waals surface area contributed by atoms with Crippen LogP contribution in [0.1, 0.15) is 6.42 Å². The number of para-hydroxylation sites is 2. The molecule has 1 amide bonds. The third kappa shape index (κ3) is 2.49. The zero-order valence-electron chi connectivity index (χ0n) is 7.87. The number of rotatable bonds is 3. The molecule has 4 heteroatoms. The van der Waals surface area contributed by atoms with Crippen molar-refractivity contribution in [2.75, 3.05) is 17.7 Å². The molecule has 0 saturated heterocycles. The Balaban J connectivity index is 2.76. The van der Waals surface area contributed by atoms with E-state index in [4.69, 9.17) is 5.26 Å². The maximum atomic E-state index is 11.1. The molecule has 0 bridgehead atoms. The Labute approximate surface area is 82.5 Å². The van der Waals surface area contributed by atoms with Gasteiger partial charge in [-0.05, 0) is 12.1 Å². The quantitative estimate of drug-likeness (QED) is 0.758. The van der Waals surface area contributed by atoms with Gasteiger partial charge in [-0.15, -0.1) is 0 Å². The minimum atomic E-state index is -0.296. The number of nitriles is 1. The maximum absolute atomic E-state index is 11.1. The van der Waals surface area contributed by atoms with Crippen LogP contribution >= 0.6 is 0 Å². The van der Waals surface area contributed by atoms with Gasteiger partial charge in [-0.1, -0.05) is 12.1 Å². The van der Waals surface area contributed by atoms with Gasteiger partial charge >= 0.3 is 0 Å². The van der Waals surface area contributed by atoms with Gasteiger partial charge in [0.1, 0.15) is 6.42 Å². The largest absolute Gasteiger partial charge is 0.386 e. The Morgan fingerprint density at radius 1 is 1.43 bits per heavy atom. The van der Waals surface area contributed by atoms with Crippen molar-refractivity contribution in [2.24, 2.45) is 0 Å². The van der Waals surface area contributed by atoms with Crippen molar-refractivity contribution in [1.82, 2.24) is 0 Å². The van der Waals surface area contributed by atoms with Crippen LogP contribution in [0.5, 0.6) is 0 Å². The smallest absolute Gasteiger partial charge is 0.238 e. The summed E-state index contributed by atoms with van der Waals surface area (Å²) in [7, 11) is 1.77. The summed E-state index contributed by atoms with van der Waals surface area (Å²) < 4.78 is 0. The summed E-state index contributed by atoms with van der Waals surface area (Å²) in [6.45, 7) is 0. The second-order valence-corrected chi connectivity index (χ2v) is 2.68. The molecule has 0 heterocycles. The molecule has 0 aliphatic rings. The lowest BCUT2D eigenvalue weighted by Gasteiger charge is -2.08. The second kappa shape index (κ2) is 4.87. The van der Waals surface area contributed by atoms with E-state index in [-0.39, 0.29) is 12.3 Å². The van der Waals surface area contributed by atoms with E-state index in [1.54, 1.807) is 19.2 Å². The molecule has 0 unspecified atom stereocenters. The molecule has 1 rings (SSSR count). The molecule has 0 atom stereocenters. The van der Waals surface area contributed by atoms with Gasteiger partial charge in [0.05, 0.1) is 17.4 Å². The fraction of sp³-hybridized carbons (Fsp3) is 0.200. The number of nitrogens with one attached hydrogen (secondary N) is 2. The summed E-state index contributed by atoms with van der Waals surface area (Å²) >= 11 is 0. The van der Waals surface area contributed by atoms with Crippen LogP contribution in [0.3, 0.4) is 0 Å². The maximum Gasteiger partial charge on any atom is 0.238 e. The molecular weight excluding hydrogens is 178 g/mol. The van der Waals surface area contributed by atoms with Crippen LogP contribution in [0.25, 0.3) is 0 Å². The van der Waals surface area contributed by atoms with Crippen molar-refractivity contribution in [3.05, 3.63) is 24.3 Å². The summed E-state index contributed by atoms with van der Waals surface area (Å²) in [6.07, 6.45) is -0.127. The Bertz CT molecular complexity index is 368. The van der Waals surface area contributed by atoms with E-state index in [1.807, 2.05) is 18.2 Å². The number of amides is 1. The molecule has 0 fully saturated rings. The highest BCUT2D eigenvalue weighted by Crippen LogP contribution is 2.19. The number of hydrogen-bond donors (Lipinski definition) is 2. The van der Waals surface area contributed by atoms with Crippen LogP contribution in [0.2, 0.25) is 0 Å². The number of anilines is 2. The lowest BCUT2D eigenvalue weighted by atomic mass is 10.2. The van der Waals surface area contributed by atoms with E-state index >= 15 is 0 Å². The van der Waals surface area contributed by atoms with Gasteiger partial charge in [-0.3, -0.25) is 4.79 Å². The van der Waals surface area contributed by atoms with Crippen molar-refractivity contribution in [3.63, 3.8) is 0 Å². The van der Waals surface area contributed by atoms with Crippen LogP contribution in [-0.4, -0.2) is 13.0 Å². The van der Waals surface area contributed by atoms with E-state index in [0.29, 0.717) is 5.69 Å². The van der Waals surface area contributed by atoms with Crippen molar-refractivity contribution in [3.8, 4) is 6.07 Å². The van der Waals surface area contributed by atoms with E-state index in [0.717, 1.165) is 5.69 Å². The van der Waals surface area contributed by atoms with Crippen LogP contribution in [-0.2, 0) is 4.79 Å². The molecule has 0 aromatic heterocycles. The molecule has 0 aliphatic heterocycles. The van der Waals surface area contributed by atoms with E-state index in [2.05, 4.69) is 10.6 Å². The molecule has 0 radical (unpaired) electrons. The first-order chi connectivity index (χ1) is 6.77. The number of benzene rings is 1. The fourth-order valence-electron chi connectivity index (χ4n) is 1.08. The lowest BCUT2D eigenvalue weighted by Crippen LogP contribution is -2.11. The Kier molecular flexibility index (Phi) is 3.50. The minimum absolute atomic E-state index is 0.127. The zero-order valence-corrected chi connectivity index (χ0v) is 7.87. The normalized spacial score (nSPS) is 8.86. The highest BCUT2D eigenvalue weighted by atomic mass is 16.1. The van der Waals surface area contributed by atoms with Gasteiger partial charge in [0.15, 0.2) is 0 Å². The summed E-state index contributed by atoms with van der Waals surface area (Å²) in [4.78, 5) is 11.1. The third-order valence-corrected chi connectivity index (χ3v) is 1.71. The number of carbonyl (C=O) groups is 1. The fourth-order valence-corrected chi connectivity index (χ4v) is 1.08. The van der Waals surface area contributed by atoms with Crippen molar-refractivity contribution in [2.45, 2.75) is 6.42 Å². The molecule has 0 spiro atoms. The first-order valence-corrected chi connectivity index (χ1v) is 4.21. The van der Waals surface area contributed by atoms with E-state index in [1.165, 1.54) is 0 Å². The number of carbonyl (C=O) groups excluding carboxylic acids is 1. The van der Waals surface area contributed by atoms with Crippen molar-refractivity contribution in [1.29, 1.82) is 5.26 Å². The zero-order chi connectivity index (χ0) is 10.4. The number of nitrogens with zero attached hydrogens (tertiary/aromatic N) is 1. The molecule has 0 saturated carbocycles. The molecular formula is C10H11N3O. The Morgan fingerprint density at radius 3 is 2.64 bits per heavy atom. The predicted molar refractivity (Wildman–Crippen MR) is 54.8 cm³/mol. The average molecular weight is 189 g/mol. The topological polar surface area (TPSA) is 64.9 Å². The average Bonchev–Trinajstić information content (AvgIpc) is 2.19. The van der Waals surface area contributed by atoms with E-state index < -0.39 is 0 Å². The monoisotopic (exact) mass is 189 g/mol. The van der Waals surface area contributed by atoms with Gasteiger partial charge in [0, 0.05) is 7.05 Å². The van der Waals surface area contributed by atoms with Gasteiger partial charge in [0.25, 0.3) is 0 Å². The third-order valence-electron chi connectivity index (χ3n) is 1.71. The summed E-state index contributed by atoms with van der Waals surface area (Å²) in [5.41, 5.74) is 1.52. The summed E-state index contributed by atoms with van der Waals surface area (Å²) in [5.74, 6) is -0.296. The van der Waals surface area contributed by atoms with Crippen LogP contribution in [0.15, 0.2) is 24.3 Å². The standard InChI is InChI=1S/C10H11N3O/c1-12-8-4-2-3-5-9(8)13-10(14)6-7-11/h2-5,12H,6H2,1H3,(H,13,14). The lowest BCUT2D eigenvalue weighted by molar-refractivity contribution is -0.115. The highest BCUT2D eigenvalue weighted by Gasteiger charge is 2.03. The molecule has 1 aromatic rings. The highest BCUT2D eigenvalue weighted by molar-refractivity contribution is 5.95. The molecule has 4 nitrogen and oxygen atoms in total. The van der Waals surface area contributed by atoms with Gasteiger partial charge in [-0.2, -0.15) is 5.26 Å². The molecule has 2 N–H and O–H groups in total. The van der Waals surface area contributed by atoms with Crippen molar-refractivity contribution >= 4 is 17.3 Å². The van der Waals surface area contributed by atoms with Crippen LogP contribution in [0.4, 0.5) is 11.4 Å². The van der Waals surface area contributed by atoms with Gasteiger partial charge < -0.3 is 10.6 Å². The van der Waals surface area contributed by atoms with Crippen molar-refractivity contribution < 1.29 is 4.79 Å². The Morgan fingerprint density at radius 2 is 2.07 bits per heavy atom.